The maximum atomic E-state index is 13.2. The van der Waals surface area contributed by atoms with E-state index in [0.29, 0.717) is 9.87 Å². The Morgan fingerprint density at radius 2 is 1.62 bits per heavy atom. The first kappa shape index (κ1) is 22.4. The van der Waals surface area contributed by atoms with Crippen LogP contribution >= 0.6 is 0 Å². The summed E-state index contributed by atoms with van der Waals surface area (Å²) in [5.41, 5.74) is 0.0416. The lowest BCUT2D eigenvalue weighted by atomic mass is 9.95. The molecule has 158 valence electrons. The van der Waals surface area contributed by atoms with Crippen LogP contribution in [0.15, 0.2) is 18.2 Å². The van der Waals surface area contributed by atoms with Crippen LogP contribution in [0.3, 0.4) is 0 Å². The summed E-state index contributed by atoms with van der Waals surface area (Å²) >= 11 is 0. The Hall–Kier alpha value is -2.89. The number of methoxy groups -OCH3 is 2. The third-order valence-corrected chi connectivity index (χ3v) is 5.41. The second-order valence-corrected chi connectivity index (χ2v) is 8.07. The molecule has 0 amide bonds. The number of ether oxygens (including phenoxy) is 2. The van der Waals surface area contributed by atoms with Crippen LogP contribution in [0.2, 0.25) is 0 Å². The Morgan fingerprint density at radius 1 is 1.07 bits per heavy atom. The Labute approximate surface area is 166 Å². The highest BCUT2D eigenvalue weighted by molar-refractivity contribution is 7.93. The lowest BCUT2D eigenvalue weighted by Gasteiger charge is -2.25. The Morgan fingerprint density at radius 3 is 2.07 bits per heavy atom. The van der Waals surface area contributed by atoms with Crippen molar-refractivity contribution < 1.29 is 31.5 Å². The van der Waals surface area contributed by atoms with Gasteiger partial charge in [-0.25, -0.2) is 8.42 Å². The molecule has 0 bridgehead atoms. The minimum atomic E-state index is -5.00. The van der Waals surface area contributed by atoms with Crippen LogP contribution in [-0.4, -0.2) is 56.2 Å². The Balaban J connectivity index is 2.74. The van der Waals surface area contributed by atoms with E-state index in [1.165, 1.54) is 26.4 Å². The van der Waals surface area contributed by atoms with E-state index in [0.717, 1.165) is 7.05 Å². The summed E-state index contributed by atoms with van der Waals surface area (Å²) in [5, 5.41) is 0. The summed E-state index contributed by atoms with van der Waals surface area (Å²) in [7, 11) is -1.49. The second-order valence-electron chi connectivity index (χ2n) is 6.13. The molecule has 2 aromatic rings. The van der Waals surface area contributed by atoms with Crippen molar-refractivity contribution in [3.63, 3.8) is 0 Å². The molecule has 1 heterocycles. The molecule has 0 radical (unpaired) electrons. The molecule has 0 N–H and O–H groups in total. The highest BCUT2D eigenvalue weighted by atomic mass is 32.2. The van der Waals surface area contributed by atoms with Gasteiger partial charge in [0.05, 0.1) is 25.5 Å². The molecular weight excluding hydrogens is 410 g/mol. The minimum Gasteiger partial charge on any atom is -0.467 e. The molecule has 0 unspecified atom stereocenters. The molecular formula is C17H20F2N4O5S. The summed E-state index contributed by atoms with van der Waals surface area (Å²) in [6.45, 7) is 3.48. The van der Waals surface area contributed by atoms with Crippen molar-refractivity contribution in [1.82, 2.24) is 15.0 Å². The molecule has 2 rings (SSSR count). The number of aromatic nitrogens is 3. The molecule has 0 fully saturated rings. The summed E-state index contributed by atoms with van der Waals surface area (Å²) in [6, 6.07) is 3.99. The molecule has 29 heavy (non-hydrogen) atoms. The Bertz CT molecular complexity index is 993. The highest BCUT2D eigenvalue weighted by Crippen LogP contribution is 2.34. The number of anilines is 1. The van der Waals surface area contributed by atoms with Crippen molar-refractivity contribution in [2.45, 2.75) is 25.5 Å². The van der Waals surface area contributed by atoms with Gasteiger partial charge in [-0.15, -0.1) is 4.98 Å². The quantitative estimate of drug-likeness (QED) is 0.586. The number of nitrogens with zero attached hydrogens (tertiary/aromatic N) is 4. The molecule has 1 aromatic heterocycles. The van der Waals surface area contributed by atoms with Gasteiger partial charge >= 0.3 is 17.8 Å². The summed E-state index contributed by atoms with van der Waals surface area (Å²) in [6.07, 6.45) is 0. The maximum Gasteiger partial charge on any atom is 0.355 e. The third-order valence-electron chi connectivity index (χ3n) is 4.02. The number of carbonyl (C=O) groups is 1. The van der Waals surface area contributed by atoms with Gasteiger partial charge in [0.1, 0.15) is 0 Å². The standard InChI is InChI=1S/C17H20F2N4O5S/c1-9(2)10-7-6-8-11(12(10)23(3)29(25,26)15(18)19)13(24)14-20-16(27-4)22-17(21-14)28-5/h6-9,15H,1-5H3. The molecule has 0 spiro atoms. The Kier molecular flexibility index (Phi) is 6.67. The largest absolute Gasteiger partial charge is 0.467 e. The van der Waals surface area contributed by atoms with E-state index in [2.05, 4.69) is 15.0 Å². The third kappa shape index (κ3) is 4.42. The van der Waals surface area contributed by atoms with Crippen LogP contribution < -0.4 is 13.8 Å². The zero-order valence-electron chi connectivity index (χ0n) is 16.4. The number of rotatable bonds is 8. The van der Waals surface area contributed by atoms with Gasteiger partial charge in [0.2, 0.25) is 11.6 Å². The van der Waals surface area contributed by atoms with Gasteiger partial charge in [0.15, 0.2) is 0 Å². The van der Waals surface area contributed by atoms with Crippen molar-refractivity contribution in [2.24, 2.45) is 0 Å². The summed E-state index contributed by atoms with van der Waals surface area (Å²) < 4.78 is 60.7. The molecule has 0 aliphatic heterocycles. The normalized spacial score (nSPS) is 11.6. The number of carbonyl (C=O) groups excluding carboxylic acids is 1. The first-order chi connectivity index (χ1) is 13.5. The van der Waals surface area contributed by atoms with E-state index in [9.17, 15) is 22.0 Å². The number of para-hydroxylation sites is 1. The van der Waals surface area contributed by atoms with E-state index in [1.54, 1.807) is 19.9 Å². The number of halogens is 2. The average Bonchev–Trinajstić information content (AvgIpc) is 2.71. The van der Waals surface area contributed by atoms with E-state index >= 15 is 0 Å². The molecule has 12 heteroatoms. The van der Waals surface area contributed by atoms with Crippen LogP contribution in [0.25, 0.3) is 0 Å². The van der Waals surface area contributed by atoms with Gasteiger partial charge in [-0.3, -0.25) is 9.10 Å². The number of benzene rings is 1. The predicted octanol–water partition coefficient (Wildman–Crippen LogP) is 2.23. The average molecular weight is 430 g/mol. The van der Waals surface area contributed by atoms with Gasteiger partial charge in [-0.1, -0.05) is 26.0 Å². The zero-order chi connectivity index (χ0) is 21.9. The lowest BCUT2D eigenvalue weighted by molar-refractivity contribution is 0.102. The maximum absolute atomic E-state index is 13.2. The van der Waals surface area contributed by atoms with E-state index in [4.69, 9.17) is 9.47 Å². The molecule has 0 saturated carbocycles. The van der Waals surface area contributed by atoms with Gasteiger partial charge in [0, 0.05) is 7.05 Å². The molecule has 0 atom stereocenters. The first-order valence-electron chi connectivity index (χ1n) is 8.32. The number of sulfonamides is 1. The molecule has 0 aliphatic rings. The minimum absolute atomic E-state index is 0.168. The number of hydrogen-bond acceptors (Lipinski definition) is 8. The van der Waals surface area contributed by atoms with Gasteiger partial charge < -0.3 is 9.47 Å². The van der Waals surface area contributed by atoms with Crippen LogP contribution in [0.1, 0.15) is 41.5 Å². The van der Waals surface area contributed by atoms with Gasteiger partial charge in [-0.05, 0) is 17.5 Å². The summed E-state index contributed by atoms with van der Waals surface area (Å²) in [4.78, 5) is 24.6. The predicted molar refractivity (Wildman–Crippen MR) is 100 cm³/mol. The topological polar surface area (TPSA) is 112 Å². The van der Waals surface area contributed by atoms with E-state index < -0.39 is 27.4 Å². The lowest BCUT2D eigenvalue weighted by Crippen LogP contribution is -2.34. The zero-order valence-corrected chi connectivity index (χ0v) is 17.2. The first-order valence-corrected chi connectivity index (χ1v) is 9.82. The summed E-state index contributed by atoms with van der Waals surface area (Å²) in [5.74, 6) is -5.12. The molecule has 9 nitrogen and oxygen atoms in total. The fourth-order valence-corrected chi connectivity index (χ4v) is 3.25. The number of hydrogen-bond donors (Lipinski definition) is 0. The molecule has 1 aromatic carbocycles. The molecule has 0 saturated heterocycles. The monoisotopic (exact) mass is 430 g/mol. The number of alkyl halides is 2. The SMILES string of the molecule is COc1nc(OC)nc(C(=O)c2cccc(C(C)C)c2N(C)S(=O)(=O)C(F)F)n1. The fourth-order valence-electron chi connectivity index (χ4n) is 2.55. The van der Waals surface area contributed by atoms with Crippen LogP contribution in [0.4, 0.5) is 14.5 Å². The van der Waals surface area contributed by atoms with Crippen LogP contribution in [0, 0.1) is 0 Å². The van der Waals surface area contributed by atoms with Crippen molar-refractivity contribution in [3.8, 4) is 12.0 Å². The van der Waals surface area contributed by atoms with Crippen molar-refractivity contribution >= 4 is 21.5 Å². The van der Waals surface area contributed by atoms with E-state index in [-0.39, 0.29) is 29.2 Å². The highest BCUT2D eigenvalue weighted by Gasteiger charge is 2.34. The van der Waals surface area contributed by atoms with Crippen molar-refractivity contribution in [3.05, 3.63) is 35.2 Å². The van der Waals surface area contributed by atoms with Gasteiger partial charge in [-0.2, -0.15) is 18.7 Å². The van der Waals surface area contributed by atoms with E-state index in [1.807, 2.05) is 0 Å². The van der Waals surface area contributed by atoms with Crippen molar-refractivity contribution in [1.29, 1.82) is 0 Å². The van der Waals surface area contributed by atoms with Crippen LogP contribution in [0.5, 0.6) is 12.0 Å². The number of ketones is 1. The smallest absolute Gasteiger partial charge is 0.355 e. The fraction of sp³-hybridized carbons (Fsp3) is 0.412. The van der Waals surface area contributed by atoms with Gasteiger partial charge in [0.25, 0.3) is 10.0 Å². The van der Waals surface area contributed by atoms with Crippen molar-refractivity contribution in [2.75, 3.05) is 25.6 Å². The second kappa shape index (κ2) is 8.64. The molecule has 0 aliphatic carbocycles. The van der Waals surface area contributed by atoms with Crippen LogP contribution in [-0.2, 0) is 10.0 Å².